The number of nitrogens with one attached hydrogen (secondary N) is 2. The summed E-state index contributed by atoms with van der Waals surface area (Å²) in [5.41, 5.74) is 1.13. The van der Waals surface area contributed by atoms with Gasteiger partial charge in [-0.3, -0.25) is 4.79 Å². The Hall–Kier alpha value is -2.39. The fourth-order valence-corrected chi connectivity index (χ4v) is 4.52. The van der Waals surface area contributed by atoms with E-state index < -0.39 is 22.0 Å². The first-order valence-corrected chi connectivity index (χ1v) is 9.75. The van der Waals surface area contributed by atoms with E-state index in [0.717, 1.165) is 11.3 Å². The molecule has 2 aromatic rings. The highest BCUT2D eigenvalue weighted by molar-refractivity contribution is 7.89. The first-order chi connectivity index (χ1) is 12.3. The second kappa shape index (κ2) is 7.08. The lowest BCUT2D eigenvalue weighted by molar-refractivity contribution is -0.123. The average Bonchev–Trinajstić information content (AvgIpc) is 2.94. The van der Waals surface area contributed by atoms with Gasteiger partial charge < -0.3 is 14.6 Å². The summed E-state index contributed by atoms with van der Waals surface area (Å²) in [5.74, 6) is 0.496. The van der Waals surface area contributed by atoms with Crippen molar-refractivity contribution in [3.05, 3.63) is 41.3 Å². The number of aryl methyl sites for hydroxylation is 2. The monoisotopic (exact) mass is 379 g/mol. The van der Waals surface area contributed by atoms with E-state index in [9.17, 15) is 13.2 Å². The Kier molecular flexibility index (Phi) is 5.01. The molecular formula is C17H21N3O5S. The summed E-state index contributed by atoms with van der Waals surface area (Å²) in [7, 11) is -3.92. The molecule has 1 amide bonds. The van der Waals surface area contributed by atoms with E-state index in [1.807, 2.05) is 24.3 Å². The number of ether oxygens (including phenoxy) is 1. The molecule has 0 radical (unpaired) electrons. The molecule has 140 valence electrons. The quantitative estimate of drug-likeness (QED) is 0.816. The fourth-order valence-electron chi connectivity index (χ4n) is 2.99. The number of hydrogen-bond acceptors (Lipinski definition) is 6. The molecule has 1 aliphatic rings. The summed E-state index contributed by atoms with van der Waals surface area (Å²) in [6.07, 6.45) is 0.617. The van der Waals surface area contributed by atoms with Crippen LogP contribution in [-0.2, 0) is 14.8 Å². The molecule has 1 aromatic carbocycles. The van der Waals surface area contributed by atoms with E-state index in [-0.39, 0.29) is 22.4 Å². The molecule has 1 aliphatic heterocycles. The van der Waals surface area contributed by atoms with Gasteiger partial charge in [0.25, 0.3) is 0 Å². The van der Waals surface area contributed by atoms with E-state index in [4.69, 9.17) is 9.26 Å². The molecule has 0 spiro atoms. The van der Waals surface area contributed by atoms with E-state index in [2.05, 4.69) is 15.2 Å². The van der Waals surface area contributed by atoms with Gasteiger partial charge in [-0.05, 0) is 26.8 Å². The van der Waals surface area contributed by atoms with Gasteiger partial charge in [0.05, 0.1) is 18.7 Å². The smallest absolute Gasteiger partial charge is 0.246 e. The van der Waals surface area contributed by atoms with Crippen molar-refractivity contribution in [3.8, 4) is 5.75 Å². The molecule has 0 saturated heterocycles. The fraction of sp³-hybridized carbons (Fsp3) is 0.412. The molecule has 8 nitrogen and oxygen atoms in total. The predicted octanol–water partition coefficient (Wildman–Crippen LogP) is 1.60. The number of benzene rings is 1. The number of sulfonamides is 1. The van der Waals surface area contributed by atoms with Crippen LogP contribution >= 0.6 is 0 Å². The maximum absolute atomic E-state index is 12.5. The van der Waals surface area contributed by atoms with Crippen molar-refractivity contribution in [1.29, 1.82) is 0 Å². The van der Waals surface area contributed by atoms with E-state index in [1.165, 1.54) is 20.8 Å². The molecule has 3 rings (SSSR count). The van der Waals surface area contributed by atoms with Crippen LogP contribution in [0, 0.1) is 13.8 Å². The first kappa shape index (κ1) is 18.4. The third-order valence-electron chi connectivity index (χ3n) is 4.24. The molecule has 2 atom stereocenters. The van der Waals surface area contributed by atoms with Crippen molar-refractivity contribution < 1.29 is 22.5 Å². The lowest BCUT2D eigenvalue weighted by Crippen LogP contribution is -2.46. The van der Waals surface area contributed by atoms with Gasteiger partial charge in [0, 0.05) is 12.0 Å². The number of carbonyl (C=O) groups excluding carboxylic acids is 1. The van der Waals surface area contributed by atoms with Crippen LogP contribution in [0.1, 0.15) is 36.4 Å². The SMILES string of the molecule is Cc1noc(C)c1S(=O)(=O)NC(C)C(=O)NC1CCOc2ccccc21. The zero-order chi connectivity index (χ0) is 18.9. The number of para-hydroxylation sites is 1. The molecule has 2 heterocycles. The molecule has 26 heavy (non-hydrogen) atoms. The van der Waals surface area contributed by atoms with Gasteiger partial charge in [-0.2, -0.15) is 4.72 Å². The van der Waals surface area contributed by atoms with Crippen molar-refractivity contribution in [2.24, 2.45) is 0 Å². The number of amides is 1. The van der Waals surface area contributed by atoms with E-state index in [0.29, 0.717) is 13.0 Å². The van der Waals surface area contributed by atoms with Crippen molar-refractivity contribution in [2.75, 3.05) is 6.61 Å². The van der Waals surface area contributed by atoms with Crippen LogP contribution in [0.5, 0.6) is 5.75 Å². The minimum absolute atomic E-state index is 0.0337. The van der Waals surface area contributed by atoms with Crippen LogP contribution in [0.3, 0.4) is 0 Å². The summed E-state index contributed by atoms with van der Waals surface area (Å²) in [5, 5.41) is 6.53. The Labute approximate surface area is 152 Å². The topological polar surface area (TPSA) is 111 Å². The molecule has 1 aromatic heterocycles. The van der Waals surface area contributed by atoms with E-state index in [1.54, 1.807) is 0 Å². The highest BCUT2D eigenvalue weighted by atomic mass is 32.2. The Morgan fingerprint density at radius 3 is 2.73 bits per heavy atom. The van der Waals surface area contributed by atoms with Crippen molar-refractivity contribution in [1.82, 2.24) is 15.2 Å². The number of hydrogen-bond donors (Lipinski definition) is 2. The first-order valence-electron chi connectivity index (χ1n) is 8.27. The second-order valence-electron chi connectivity index (χ2n) is 6.23. The van der Waals surface area contributed by atoms with Crippen LogP contribution in [0.2, 0.25) is 0 Å². The largest absolute Gasteiger partial charge is 0.493 e. The molecule has 0 aliphatic carbocycles. The Morgan fingerprint density at radius 1 is 1.31 bits per heavy atom. The summed E-state index contributed by atoms with van der Waals surface area (Å²) >= 11 is 0. The molecule has 0 saturated carbocycles. The maximum atomic E-state index is 12.5. The van der Waals surface area contributed by atoms with Crippen LogP contribution in [-0.4, -0.2) is 32.1 Å². The zero-order valence-corrected chi connectivity index (χ0v) is 15.6. The lowest BCUT2D eigenvalue weighted by Gasteiger charge is -2.27. The molecule has 9 heteroatoms. The van der Waals surface area contributed by atoms with Crippen LogP contribution in [0.25, 0.3) is 0 Å². The van der Waals surface area contributed by atoms with Crippen LogP contribution in [0.4, 0.5) is 0 Å². The summed E-state index contributed by atoms with van der Waals surface area (Å²) < 4.78 is 37.9. The third-order valence-corrected chi connectivity index (χ3v) is 6.02. The van der Waals surface area contributed by atoms with Crippen molar-refractivity contribution in [3.63, 3.8) is 0 Å². The zero-order valence-electron chi connectivity index (χ0n) is 14.8. The second-order valence-corrected chi connectivity index (χ2v) is 7.88. The van der Waals surface area contributed by atoms with Gasteiger partial charge in [-0.15, -0.1) is 0 Å². The molecular weight excluding hydrogens is 358 g/mol. The van der Waals surface area contributed by atoms with Crippen LogP contribution < -0.4 is 14.8 Å². The van der Waals surface area contributed by atoms with Crippen molar-refractivity contribution >= 4 is 15.9 Å². The van der Waals surface area contributed by atoms with Gasteiger partial charge in [-0.25, -0.2) is 8.42 Å². The van der Waals surface area contributed by atoms with Crippen LogP contribution in [0.15, 0.2) is 33.7 Å². The summed E-state index contributed by atoms with van der Waals surface area (Å²) in [6.45, 7) is 5.03. The number of carbonyl (C=O) groups is 1. The van der Waals surface area contributed by atoms with Gasteiger partial charge >= 0.3 is 0 Å². The number of rotatable bonds is 5. The van der Waals surface area contributed by atoms with Gasteiger partial charge in [-0.1, -0.05) is 23.4 Å². The van der Waals surface area contributed by atoms with E-state index >= 15 is 0 Å². The van der Waals surface area contributed by atoms with Gasteiger partial charge in [0.2, 0.25) is 15.9 Å². The third kappa shape index (κ3) is 3.58. The Balaban J connectivity index is 1.71. The lowest BCUT2D eigenvalue weighted by atomic mass is 10.0. The Morgan fingerprint density at radius 2 is 2.04 bits per heavy atom. The highest BCUT2D eigenvalue weighted by Gasteiger charge is 2.30. The molecule has 0 bridgehead atoms. The minimum Gasteiger partial charge on any atom is -0.493 e. The Bertz CT molecular complexity index is 903. The molecule has 0 fully saturated rings. The van der Waals surface area contributed by atoms with Crippen molar-refractivity contribution in [2.45, 2.75) is 44.2 Å². The maximum Gasteiger partial charge on any atom is 0.246 e. The normalized spacial score (nSPS) is 17.9. The average molecular weight is 379 g/mol. The van der Waals surface area contributed by atoms with Gasteiger partial charge in [0.1, 0.15) is 16.3 Å². The highest BCUT2D eigenvalue weighted by Crippen LogP contribution is 2.31. The number of fused-ring (bicyclic) bond motifs is 1. The number of nitrogens with zero attached hydrogens (tertiary/aromatic N) is 1. The standard InChI is InChI=1S/C17H21N3O5S/c1-10-16(12(3)25-19-10)26(22,23)20-11(2)17(21)18-14-8-9-24-15-7-5-4-6-13(14)15/h4-7,11,14,20H,8-9H2,1-3H3,(H,18,21). The number of aromatic nitrogens is 1. The molecule has 2 N–H and O–H groups in total. The predicted molar refractivity (Wildman–Crippen MR) is 93.2 cm³/mol. The van der Waals surface area contributed by atoms with Gasteiger partial charge in [0.15, 0.2) is 5.76 Å². The molecule has 2 unspecified atom stereocenters. The summed E-state index contributed by atoms with van der Waals surface area (Å²) in [6, 6.07) is 6.29. The minimum atomic E-state index is -3.92. The summed E-state index contributed by atoms with van der Waals surface area (Å²) in [4.78, 5) is 12.5.